The highest BCUT2D eigenvalue weighted by Crippen LogP contribution is 2.22. The van der Waals surface area contributed by atoms with Gasteiger partial charge in [0.2, 0.25) is 5.91 Å². The van der Waals surface area contributed by atoms with Gasteiger partial charge in [0.15, 0.2) is 0 Å². The molecule has 2 unspecified atom stereocenters. The summed E-state index contributed by atoms with van der Waals surface area (Å²) < 4.78 is 5.29. The number of nitrogens with zero attached hydrogens (tertiary/aromatic N) is 2. The van der Waals surface area contributed by atoms with Gasteiger partial charge in [0.1, 0.15) is 0 Å². The molecule has 110 valence electrons. The molecule has 5 heteroatoms. The van der Waals surface area contributed by atoms with Gasteiger partial charge < -0.3 is 14.7 Å². The Morgan fingerprint density at radius 1 is 1.32 bits per heavy atom. The van der Waals surface area contributed by atoms with E-state index in [1.54, 1.807) is 0 Å². The summed E-state index contributed by atoms with van der Waals surface area (Å²) in [5.74, 6) is 0.216. The second kappa shape index (κ2) is 7.22. The minimum absolute atomic E-state index is 0.0741. The molecule has 0 aromatic carbocycles. The number of piperidine rings is 1. The van der Waals surface area contributed by atoms with Gasteiger partial charge >= 0.3 is 0 Å². The van der Waals surface area contributed by atoms with E-state index in [9.17, 15) is 4.79 Å². The molecule has 19 heavy (non-hydrogen) atoms. The van der Waals surface area contributed by atoms with E-state index in [1.165, 1.54) is 6.42 Å². The number of aliphatic hydroxyl groups is 1. The van der Waals surface area contributed by atoms with E-state index in [0.717, 1.165) is 25.8 Å². The van der Waals surface area contributed by atoms with E-state index in [0.29, 0.717) is 32.3 Å². The molecule has 2 saturated heterocycles. The lowest BCUT2D eigenvalue weighted by Crippen LogP contribution is -2.54. The molecule has 0 radical (unpaired) electrons. The fraction of sp³-hybridized carbons (Fsp3) is 0.929. The quantitative estimate of drug-likeness (QED) is 0.807. The molecule has 2 fully saturated rings. The van der Waals surface area contributed by atoms with Crippen LogP contribution >= 0.6 is 0 Å². The minimum atomic E-state index is -0.0741. The monoisotopic (exact) mass is 270 g/mol. The number of carbonyl (C=O) groups excluding carboxylic acids is 1. The zero-order chi connectivity index (χ0) is 13.7. The molecule has 2 heterocycles. The van der Waals surface area contributed by atoms with Crippen LogP contribution in [0.3, 0.4) is 0 Å². The average Bonchev–Trinajstić information content (AvgIpc) is 2.47. The fourth-order valence-corrected chi connectivity index (χ4v) is 3.18. The Kier molecular flexibility index (Phi) is 5.60. The van der Waals surface area contributed by atoms with Crippen LogP contribution in [0.1, 0.15) is 32.6 Å². The van der Waals surface area contributed by atoms with Crippen LogP contribution in [0, 0.1) is 0 Å². The number of aliphatic hydroxyl groups excluding tert-OH is 1. The maximum absolute atomic E-state index is 12.5. The summed E-state index contributed by atoms with van der Waals surface area (Å²) in [6.45, 7) is 5.91. The normalized spacial score (nSPS) is 27.3. The van der Waals surface area contributed by atoms with Crippen LogP contribution in [0.2, 0.25) is 0 Å². The number of carbonyl (C=O) groups is 1. The first-order chi connectivity index (χ1) is 9.24. The molecule has 0 bridgehead atoms. The third-order valence-corrected chi connectivity index (χ3v) is 4.31. The van der Waals surface area contributed by atoms with Crippen LogP contribution in [0.15, 0.2) is 0 Å². The molecular formula is C14H26N2O3. The predicted molar refractivity (Wildman–Crippen MR) is 72.9 cm³/mol. The molecule has 0 aromatic heterocycles. The third kappa shape index (κ3) is 3.68. The second-order valence-corrected chi connectivity index (χ2v) is 5.51. The molecule has 2 aliphatic heterocycles. The van der Waals surface area contributed by atoms with Crippen LogP contribution in [0.25, 0.3) is 0 Å². The van der Waals surface area contributed by atoms with Crippen molar-refractivity contribution in [3.05, 3.63) is 0 Å². The molecule has 0 saturated carbocycles. The predicted octanol–water partition coefficient (Wildman–Crippen LogP) is 0.471. The Labute approximate surface area is 115 Å². The molecule has 5 nitrogen and oxygen atoms in total. The number of ether oxygens (including phenoxy) is 1. The van der Waals surface area contributed by atoms with E-state index in [1.807, 2.05) is 11.8 Å². The lowest BCUT2D eigenvalue weighted by atomic mass is 9.97. The molecule has 1 N–H and O–H groups in total. The number of hydrogen-bond donors (Lipinski definition) is 1. The summed E-state index contributed by atoms with van der Waals surface area (Å²) in [7, 11) is 0. The Bertz CT molecular complexity index is 290. The molecule has 2 rings (SSSR count). The Balaban J connectivity index is 1.95. The van der Waals surface area contributed by atoms with Gasteiger partial charge in [-0.15, -0.1) is 0 Å². The van der Waals surface area contributed by atoms with E-state index in [-0.39, 0.29) is 18.6 Å². The summed E-state index contributed by atoms with van der Waals surface area (Å²) in [6.07, 6.45) is 4.24. The van der Waals surface area contributed by atoms with E-state index in [4.69, 9.17) is 9.84 Å². The molecule has 0 aliphatic carbocycles. The van der Waals surface area contributed by atoms with Crippen molar-refractivity contribution in [2.75, 3.05) is 39.5 Å². The van der Waals surface area contributed by atoms with Gasteiger partial charge in [-0.1, -0.05) is 6.42 Å². The zero-order valence-corrected chi connectivity index (χ0v) is 11.9. The number of morpholine rings is 1. The van der Waals surface area contributed by atoms with Gasteiger partial charge in [0, 0.05) is 25.7 Å². The summed E-state index contributed by atoms with van der Waals surface area (Å²) >= 11 is 0. The highest BCUT2D eigenvalue weighted by Gasteiger charge is 2.32. The van der Waals surface area contributed by atoms with Gasteiger partial charge in [0.25, 0.3) is 0 Å². The smallest absolute Gasteiger partial charge is 0.239 e. The largest absolute Gasteiger partial charge is 0.396 e. The first-order valence-corrected chi connectivity index (χ1v) is 7.47. The number of hydrogen-bond acceptors (Lipinski definition) is 4. The van der Waals surface area contributed by atoms with Crippen LogP contribution in [0.4, 0.5) is 0 Å². The maximum atomic E-state index is 12.5. The van der Waals surface area contributed by atoms with Crippen molar-refractivity contribution in [3.8, 4) is 0 Å². The second-order valence-electron chi connectivity index (χ2n) is 5.51. The average molecular weight is 270 g/mol. The van der Waals surface area contributed by atoms with Crippen molar-refractivity contribution in [3.63, 3.8) is 0 Å². The molecule has 0 aromatic rings. The lowest BCUT2D eigenvalue weighted by molar-refractivity contribution is -0.142. The van der Waals surface area contributed by atoms with Gasteiger partial charge in [-0.25, -0.2) is 0 Å². The van der Waals surface area contributed by atoms with E-state index in [2.05, 4.69) is 4.90 Å². The van der Waals surface area contributed by atoms with Crippen molar-refractivity contribution >= 4 is 5.91 Å². The van der Waals surface area contributed by atoms with Crippen molar-refractivity contribution < 1.29 is 14.6 Å². The zero-order valence-electron chi connectivity index (χ0n) is 11.9. The Morgan fingerprint density at radius 2 is 2.05 bits per heavy atom. The van der Waals surface area contributed by atoms with Crippen LogP contribution in [-0.2, 0) is 9.53 Å². The number of amides is 1. The number of rotatable bonds is 4. The van der Waals surface area contributed by atoms with Gasteiger partial charge in [-0.3, -0.25) is 9.69 Å². The summed E-state index contributed by atoms with van der Waals surface area (Å²) in [6, 6.07) is 0.286. The van der Waals surface area contributed by atoms with E-state index >= 15 is 0 Å². The summed E-state index contributed by atoms with van der Waals surface area (Å²) in [5, 5.41) is 9.17. The first kappa shape index (κ1) is 14.8. The van der Waals surface area contributed by atoms with Crippen molar-refractivity contribution in [2.45, 2.75) is 44.7 Å². The van der Waals surface area contributed by atoms with E-state index < -0.39 is 0 Å². The Morgan fingerprint density at radius 3 is 2.74 bits per heavy atom. The minimum Gasteiger partial charge on any atom is -0.396 e. The number of likely N-dealkylation sites (tertiary alicyclic amines) is 1. The molecule has 2 aliphatic rings. The summed E-state index contributed by atoms with van der Waals surface area (Å²) in [5.41, 5.74) is 0. The van der Waals surface area contributed by atoms with Crippen LogP contribution in [-0.4, -0.2) is 72.4 Å². The third-order valence-electron chi connectivity index (χ3n) is 4.31. The standard InChI is InChI=1S/C14H26N2O3/c1-12(14(18)15-7-10-19-11-8-15)16-6-3-2-4-13(16)5-9-17/h12-13,17H,2-11H2,1H3. The Hall–Kier alpha value is -0.650. The van der Waals surface area contributed by atoms with Crippen molar-refractivity contribution in [1.29, 1.82) is 0 Å². The van der Waals surface area contributed by atoms with Crippen LogP contribution < -0.4 is 0 Å². The summed E-state index contributed by atoms with van der Waals surface area (Å²) in [4.78, 5) is 16.7. The van der Waals surface area contributed by atoms with Crippen molar-refractivity contribution in [2.24, 2.45) is 0 Å². The van der Waals surface area contributed by atoms with Crippen molar-refractivity contribution in [1.82, 2.24) is 9.80 Å². The van der Waals surface area contributed by atoms with Gasteiger partial charge in [-0.2, -0.15) is 0 Å². The highest BCUT2D eigenvalue weighted by molar-refractivity contribution is 5.81. The molecule has 1 amide bonds. The topological polar surface area (TPSA) is 53.0 Å². The maximum Gasteiger partial charge on any atom is 0.239 e. The first-order valence-electron chi connectivity index (χ1n) is 7.47. The SMILES string of the molecule is CC(C(=O)N1CCOCC1)N1CCCCC1CCO. The van der Waals surface area contributed by atoms with Gasteiger partial charge in [-0.05, 0) is 32.7 Å². The van der Waals surface area contributed by atoms with Gasteiger partial charge in [0.05, 0.1) is 19.3 Å². The molecule has 0 spiro atoms. The molecular weight excluding hydrogens is 244 g/mol. The molecule has 2 atom stereocenters. The fourth-order valence-electron chi connectivity index (χ4n) is 3.18. The lowest BCUT2D eigenvalue weighted by Gasteiger charge is -2.41. The van der Waals surface area contributed by atoms with Crippen LogP contribution in [0.5, 0.6) is 0 Å². The highest BCUT2D eigenvalue weighted by atomic mass is 16.5.